The second kappa shape index (κ2) is 10.1. The van der Waals surface area contributed by atoms with Crippen molar-refractivity contribution < 1.29 is 29.4 Å². The van der Waals surface area contributed by atoms with Gasteiger partial charge in [-0.05, 0) is 31.5 Å². The minimum absolute atomic E-state index is 0.0584. The standard InChI is InChI=1S/C17H24N4O6/c1-9(18)15(25)21-13(7-11-3-5-12(22)6-4-11)17(27)20-10(2)16(26)19-8-14(23)24/h3-6,9-10,13,22H,7-8,18H2,1-2H3,(H,19,26)(H,20,27)(H,21,25)(H,23,24). The molecule has 0 aromatic heterocycles. The molecule has 0 fully saturated rings. The largest absolute Gasteiger partial charge is 0.508 e. The third-order valence-electron chi connectivity index (χ3n) is 3.59. The molecule has 0 aliphatic rings. The van der Waals surface area contributed by atoms with Crippen LogP contribution in [0.3, 0.4) is 0 Å². The number of amides is 3. The fraction of sp³-hybridized carbons (Fsp3) is 0.412. The molecule has 1 aromatic carbocycles. The van der Waals surface area contributed by atoms with Crippen LogP contribution in [-0.2, 0) is 25.6 Å². The summed E-state index contributed by atoms with van der Waals surface area (Å²) in [6.45, 7) is 2.28. The van der Waals surface area contributed by atoms with Gasteiger partial charge in [0.1, 0.15) is 24.4 Å². The second-order valence-corrected chi connectivity index (χ2v) is 6.06. The van der Waals surface area contributed by atoms with Crippen molar-refractivity contribution in [2.75, 3.05) is 6.54 Å². The Morgan fingerprint density at radius 1 is 1.00 bits per heavy atom. The number of aliphatic carboxylic acids is 1. The molecule has 1 rings (SSSR count). The number of rotatable bonds is 9. The van der Waals surface area contributed by atoms with Gasteiger partial charge in [-0.2, -0.15) is 0 Å². The molecular weight excluding hydrogens is 356 g/mol. The molecule has 0 heterocycles. The fourth-order valence-electron chi connectivity index (χ4n) is 2.08. The van der Waals surface area contributed by atoms with Gasteiger partial charge < -0.3 is 31.9 Å². The lowest BCUT2D eigenvalue weighted by molar-refractivity contribution is -0.138. The minimum Gasteiger partial charge on any atom is -0.508 e. The van der Waals surface area contributed by atoms with E-state index in [0.29, 0.717) is 5.56 Å². The number of phenols is 1. The van der Waals surface area contributed by atoms with Crippen molar-refractivity contribution in [1.82, 2.24) is 16.0 Å². The number of carboxylic acids is 1. The normalized spacial score (nSPS) is 13.7. The predicted octanol–water partition coefficient (Wildman–Crippen LogP) is -1.53. The van der Waals surface area contributed by atoms with Crippen LogP contribution < -0.4 is 21.7 Å². The summed E-state index contributed by atoms with van der Waals surface area (Å²) in [5.74, 6) is -3.00. The van der Waals surface area contributed by atoms with Crippen LogP contribution in [0.1, 0.15) is 19.4 Å². The number of carboxylic acid groups (broad SMARTS) is 1. The number of aromatic hydroxyl groups is 1. The minimum atomic E-state index is -1.21. The van der Waals surface area contributed by atoms with Crippen molar-refractivity contribution in [2.45, 2.75) is 38.4 Å². The summed E-state index contributed by atoms with van der Waals surface area (Å²) in [6, 6.07) is 3.22. The van der Waals surface area contributed by atoms with Crippen molar-refractivity contribution in [1.29, 1.82) is 0 Å². The molecule has 3 amide bonds. The van der Waals surface area contributed by atoms with Gasteiger partial charge in [-0.25, -0.2) is 0 Å². The zero-order valence-electron chi connectivity index (χ0n) is 15.1. The molecule has 3 unspecified atom stereocenters. The van der Waals surface area contributed by atoms with Crippen LogP contribution in [0.5, 0.6) is 5.75 Å². The molecule has 7 N–H and O–H groups in total. The Morgan fingerprint density at radius 3 is 2.11 bits per heavy atom. The van der Waals surface area contributed by atoms with E-state index in [-0.39, 0.29) is 12.2 Å². The van der Waals surface area contributed by atoms with Gasteiger partial charge in [0.05, 0.1) is 6.04 Å². The predicted molar refractivity (Wildman–Crippen MR) is 95.6 cm³/mol. The molecule has 0 radical (unpaired) electrons. The van der Waals surface area contributed by atoms with Gasteiger partial charge in [0.2, 0.25) is 17.7 Å². The Balaban J connectivity index is 2.82. The summed E-state index contributed by atoms with van der Waals surface area (Å²) in [4.78, 5) is 46.7. The van der Waals surface area contributed by atoms with Crippen LogP contribution in [0.2, 0.25) is 0 Å². The summed E-state index contributed by atoms with van der Waals surface area (Å²) in [5, 5.41) is 25.0. The lowest BCUT2D eigenvalue weighted by Gasteiger charge is -2.22. The van der Waals surface area contributed by atoms with E-state index in [4.69, 9.17) is 10.8 Å². The number of carbonyl (C=O) groups is 4. The van der Waals surface area contributed by atoms with Crippen LogP contribution in [0.4, 0.5) is 0 Å². The number of carbonyl (C=O) groups excluding carboxylic acids is 3. The highest BCUT2D eigenvalue weighted by Gasteiger charge is 2.25. The molecule has 0 aliphatic heterocycles. The Morgan fingerprint density at radius 2 is 1.59 bits per heavy atom. The van der Waals surface area contributed by atoms with Crippen LogP contribution in [0.25, 0.3) is 0 Å². The van der Waals surface area contributed by atoms with E-state index in [1.165, 1.54) is 26.0 Å². The van der Waals surface area contributed by atoms with Gasteiger partial charge in [0.15, 0.2) is 0 Å². The molecule has 10 nitrogen and oxygen atoms in total. The Labute approximate surface area is 156 Å². The van der Waals surface area contributed by atoms with Crippen LogP contribution in [-0.4, -0.2) is 58.6 Å². The first-order chi connectivity index (χ1) is 12.6. The molecule has 10 heteroatoms. The van der Waals surface area contributed by atoms with Gasteiger partial charge in [-0.1, -0.05) is 12.1 Å². The quantitative estimate of drug-likeness (QED) is 0.302. The molecule has 0 bridgehead atoms. The van der Waals surface area contributed by atoms with Gasteiger partial charge >= 0.3 is 5.97 Å². The Kier molecular flexibility index (Phi) is 8.21. The summed E-state index contributed by atoms with van der Waals surface area (Å²) in [6.07, 6.45) is 0.105. The third-order valence-corrected chi connectivity index (χ3v) is 3.59. The maximum Gasteiger partial charge on any atom is 0.322 e. The maximum absolute atomic E-state index is 12.5. The first-order valence-corrected chi connectivity index (χ1v) is 8.24. The zero-order chi connectivity index (χ0) is 20.6. The van der Waals surface area contributed by atoms with E-state index in [2.05, 4.69) is 16.0 Å². The number of hydrogen-bond acceptors (Lipinski definition) is 6. The lowest BCUT2D eigenvalue weighted by Crippen LogP contribution is -2.55. The smallest absolute Gasteiger partial charge is 0.322 e. The Bertz CT molecular complexity index is 689. The van der Waals surface area contributed by atoms with E-state index >= 15 is 0 Å². The summed E-state index contributed by atoms with van der Waals surface area (Å²) >= 11 is 0. The molecular formula is C17H24N4O6. The average Bonchev–Trinajstić information content (AvgIpc) is 2.60. The highest BCUT2D eigenvalue weighted by Crippen LogP contribution is 2.11. The van der Waals surface area contributed by atoms with E-state index in [1.54, 1.807) is 12.1 Å². The zero-order valence-corrected chi connectivity index (χ0v) is 15.1. The molecule has 0 aliphatic carbocycles. The maximum atomic E-state index is 12.5. The number of nitrogens with two attached hydrogens (primary N) is 1. The van der Waals surface area contributed by atoms with Gasteiger partial charge in [0.25, 0.3) is 0 Å². The van der Waals surface area contributed by atoms with Crippen molar-refractivity contribution in [3.8, 4) is 5.75 Å². The molecule has 3 atom stereocenters. The average molecular weight is 380 g/mol. The monoisotopic (exact) mass is 380 g/mol. The third kappa shape index (κ3) is 7.74. The van der Waals surface area contributed by atoms with E-state index in [9.17, 15) is 24.3 Å². The molecule has 1 aromatic rings. The first kappa shape index (κ1) is 21.9. The van der Waals surface area contributed by atoms with E-state index in [0.717, 1.165) is 0 Å². The lowest BCUT2D eigenvalue weighted by atomic mass is 10.0. The summed E-state index contributed by atoms with van der Waals surface area (Å²) < 4.78 is 0. The number of hydrogen-bond donors (Lipinski definition) is 6. The molecule has 0 saturated heterocycles. The number of phenolic OH excluding ortho intramolecular Hbond substituents is 1. The fourth-order valence-corrected chi connectivity index (χ4v) is 2.08. The van der Waals surface area contributed by atoms with Crippen molar-refractivity contribution in [3.63, 3.8) is 0 Å². The van der Waals surface area contributed by atoms with Crippen molar-refractivity contribution in [3.05, 3.63) is 29.8 Å². The van der Waals surface area contributed by atoms with Crippen molar-refractivity contribution >= 4 is 23.7 Å². The molecule has 27 heavy (non-hydrogen) atoms. The molecule has 0 saturated carbocycles. The van der Waals surface area contributed by atoms with Gasteiger partial charge in [0, 0.05) is 6.42 Å². The second-order valence-electron chi connectivity index (χ2n) is 6.06. The van der Waals surface area contributed by atoms with Gasteiger partial charge in [-0.3, -0.25) is 19.2 Å². The topological polar surface area (TPSA) is 171 Å². The molecule has 148 valence electrons. The highest BCUT2D eigenvalue weighted by molar-refractivity contribution is 5.93. The first-order valence-electron chi connectivity index (χ1n) is 8.24. The van der Waals surface area contributed by atoms with E-state index < -0.39 is 48.4 Å². The van der Waals surface area contributed by atoms with Crippen LogP contribution in [0, 0.1) is 0 Å². The van der Waals surface area contributed by atoms with E-state index in [1.807, 2.05) is 0 Å². The van der Waals surface area contributed by atoms with Crippen LogP contribution in [0.15, 0.2) is 24.3 Å². The van der Waals surface area contributed by atoms with Crippen LogP contribution >= 0.6 is 0 Å². The summed E-state index contributed by atoms with van der Waals surface area (Å²) in [5.41, 5.74) is 6.19. The number of benzene rings is 1. The number of nitrogens with one attached hydrogen (secondary N) is 3. The van der Waals surface area contributed by atoms with Gasteiger partial charge in [-0.15, -0.1) is 0 Å². The SMILES string of the molecule is CC(N)C(=O)NC(Cc1ccc(O)cc1)C(=O)NC(C)C(=O)NCC(=O)O. The molecule has 0 spiro atoms. The Hall–Kier alpha value is -3.14. The highest BCUT2D eigenvalue weighted by atomic mass is 16.4. The van der Waals surface area contributed by atoms with Crippen molar-refractivity contribution in [2.24, 2.45) is 5.73 Å². The summed E-state index contributed by atoms with van der Waals surface area (Å²) in [7, 11) is 0.